The number of carbonyl (C=O) groups is 1. The Hall–Kier alpha value is -1.15. The number of carbonyl (C=O) groups excluding carboxylic acids is 1. The minimum Gasteiger partial charge on any atom is -0.304 e. The van der Waals surface area contributed by atoms with E-state index >= 15 is 0 Å². The van der Waals surface area contributed by atoms with Gasteiger partial charge in [0.15, 0.2) is 0 Å². The van der Waals surface area contributed by atoms with Gasteiger partial charge in [-0.1, -0.05) is 39.8 Å². The number of fused-ring (bicyclic) bond motifs is 1. The fourth-order valence-electron chi connectivity index (χ4n) is 3.02. The molecule has 0 aliphatic heterocycles. The van der Waals surface area contributed by atoms with Crippen LogP contribution in [-0.2, 0) is 15.6 Å². The summed E-state index contributed by atoms with van der Waals surface area (Å²) < 4.78 is 0. The fraction of sp³-hybridized carbons (Fsp3) is 0.529. The molecule has 0 radical (unpaired) electrons. The summed E-state index contributed by atoms with van der Waals surface area (Å²) in [6.45, 7) is 9.05. The van der Waals surface area contributed by atoms with Crippen LogP contribution in [0.3, 0.4) is 0 Å². The van der Waals surface area contributed by atoms with Crippen molar-refractivity contribution in [3.63, 3.8) is 0 Å². The SMILES string of the molecule is CC1(C)CCC(C)(C)c2cc(C(=N)CC(=O)Cl)ccc21. The Morgan fingerprint density at radius 1 is 1.15 bits per heavy atom. The van der Waals surface area contributed by atoms with Gasteiger partial charge in [-0.25, -0.2) is 0 Å². The molecule has 0 aromatic heterocycles. The standard InChI is InChI=1S/C17H22ClNO/c1-16(2)7-8-17(3,4)13-9-11(5-6-12(13)16)14(19)10-15(18)20/h5-6,9,19H,7-8,10H2,1-4H3. The molecular formula is C17H22ClNO. The second-order valence-corrected chi connectivity index (χ2v) is 7.46. The van der Waals surface area contributed by atoms with Gasteiger partial charge in [0.05, 0.1) is 6.42 Å². The smallest absolute Gasteiger partial charge is 0.227 e. The van der Waals surface area contributed by atoms with Crippen molar-refractivity contribution in [1.29, 1.82) is 5.41 Å². The molecule has 1 aromatic carbocycles. The monoisotopic (exact) mass is 291 g/mol. The molecule has 0 unspecified atom stereocenters. The summed E-state index contributed by atoms with van der Waals surface area (Å²) >= 11 is 5.39. The minimum atomic E-state index is -0.479. The zero-order valence-corrected chi connectivity index (χ0v) is 13.4. The van der Waals surface area contributed by atoms with Crippen molar-refractivity contribution in [3.8, 4) is 0 Å². The van der Waals surface area contributed by atoms with Crippen LogP contribution < -0.4 is 0 Å². The number of nitrogens with one attached hydrogen (secondary N) is 1. The quantitative estimate of drug-likeness (QED) is 0.644. The topological polar surface area (TPSA) is 40.9 Å². The molecule has 0 amide bonds. The van der Waals surface area contributed by atoms with E-state index in [-0.39, 0.29) is 17.3 Å². The Balaban J connectivity index is 2.48. The van der Waals surface area contributed by atoms with E-state index in [1.807, 2.05) is 6.07 Å². The Morgan fingerprint density at radius 3 is 2.25 bits per heavy atom. The van der Waals surface area contributed by atoms with E-state index in [1.165, 1.54) is 17.5 Å². The molecule has 1 aromatic rings. The molecule has 1 aliphatic carbocycles. The van der Waals surface area contributed by atoms with E-state index in [0.29, 0.717) is 5.71 Å². The van der Waals surface area contributed by atoms with Crippen molar-refractivity contribution < 1.29 is 4.79 Å². The van der Waals surface area contributed by atoms with Gasteiger partial charge >= 0.3 is 0 Å². The average Bonchev–Trinajstić information content (AvgIpc) is 2.34. The Labute approximate surface area is 126 Å². The second-order valence-electron chi connectivity index (χ2n) is 7.04. The maximum Gasteiger partial charge on any atom is 0.227 e. The average molecular weight is 292 g/mol. The van der Waals surface area contributed by atoms with Crippen LogP contribution in [0.15, 0.2) is 18.2 Å². The van der Waals surface area contributed by atoms with Gasteiger partial charge in [-0.15, -0.1) is 0 Å². The minimum absolute atomic E-state index is 0.00976. The lowest BCUT2D eigenvalue weighted by molar-refractivity contribution is -0.110. The third-order valence-corrected chi connectivity index (χ3v) is 4.65. The van der Waals surface area contributed by atoms with E-state index in [1.54, 1.807) is 0 Å². The molecule has 0 fully saturated rings. The third-order valence-electron chi connectivity index (χ3n) is 4.52. The lowest BCUT2D eigenvalue weighted by Gasteiger charge is -2.42. The van der Waals surface area contributed by atoms with Crippen molar-refractivity contribution in [2.45, 2.75) is 57.8 Å². The van der Waals surface area contributed by atoms with Crippen molar-refractivity contribution in [2.24, 2.45) is 0 Å². The zero-order valence-electron chi connectivity index (χ0n) is 12.6. The van der Waals surface area contributed by atoms with Gasteiger partial charge < -0.3 is 5.41 Å². The van der Waals surface area contributed by atoms with Crippen LogP contribution in [0, 0.1) is 5.41 Å². The number of hydrogen-bond donors (Lipinski definition) is 1. The van der Waals surface area contributed by atoms with Crippen LogP contribution in [0.1, 0.15) is 63.6 Å². The van der Waals surface area contributed by atoms with Gasteiger partial charge in [-0.05, 0) is 58.0 Å². The number of halogens is 1. The van der Waals surface area contributed by atoms with E-state index in [4.69, 9.17) is 17.0 Å². The first kappa shape index (κ1) is 15.2. The lowest BCUT2D eigenvalue weighted by atomic mass is 9.63. The predicted octanol–water partition coefficient (Wildman–Crippen LogP) is 4.56. The normalized spacial score (nSPS) is 19.2. The van der Waals surface area contributed by atoms with E-state index in [9.17, 15) is 4.79 Å². The van der Waals surface area contributed by atoms with Crippen LogP contribution in [0.4, 0.5) is 0 Å². The molecule has 1 N–H and O–H groups in total. The van der Waals surface area contributed by atoms with Crippen LogP contribution in [0.25, 0.3) is 0 Å². The van der Waals surface area contributed by atoms with Crippen LogP contribution in [-0.4, -0.2) is 11.0 Å². The van der Waals surface area contributed by atoms with Crippen LogP contribution in [0.2, 0.25) is 0 Å². The Kier molecular flexibility index (Phi) is 3.81. The van der Waals surface area contributed by atoms with Gasteiger partial charge in [0.1, 0.15) is 0 Å². The Morgan fingerprint density at radius 2 is 1.70 bits per heavy atom. The predicted molar refractivity (Wildman–Crippen MR) is 84.0 cm³/mol. The molecule has 0 saturated heterocycles. The molecule has 3 heteroatoms. The highest BCUT2D eigenvalue weighted by molar-refractivity contribution is 6.65. The first-order valence-electron chi connectivity index (χ1n) is 7.05. The second kappa shape index (κ2) is 5.00. The molecule has 108 valence electrons. The van der Waals surface area contributed by atoms with Crippen LogP contribution >= 0.6 is 11.6 Å². The fourth-order valence-corrected chi connectivity index (χ4v) is 3.15. The highest BCUT2D eigenvalue weighted by atomic mass is 35.5. The molecule has 0 atom stereocenters. The number of benzene rings is 1. The first-order valence-corrected chi connectivity index (χ1v) is 7.42. The van der Waals surface area contributed by atoms with Gasteiger partial charge in [0.25, 0.3) is 0 Å². The molecule has 0 bridgehead atoms. The van der Waals surface area contributed by atoms with E-state index in [0.717, 1.165) is 12.0 Å². The summed E-state index contributed by atoms with van der Waals surface area (Å²) in [6.07, 6.45) is 2.30. The van der Waals surface area contributed by atoms with E-state index in [2.05, 4.69) is 39.8 Å². The first-order chi connectivity index (χ1) is 9.13. The summed E-state index contributed by atoms with van der Waals surface area (Å²) in [5.41, 5.74) is 4.07. The van der Waals surface area contributed by atoms with Gasteiger partial charge in [0.2, 0.25) is 5.24 Å². The van der Waals surface area contributed by atoms with E-state index < -0.39 is 5.24 Å². The lowest BCUT2D eigenvalue weighted by Crippen LogP contribution is -2.34. The summed E-state index contributed by atoms with van der Waals surface area (Å²) in [6, 6.07) is 6.15. The maximum atomic E-state index is 11.0. The summed E-state index contributed by atoms with van der Waals surface area (Å²) in [5, 5.41) is 7.52. The highest BCUT2D eigenvalue weighted by Crippen LogP contribution is 2.45. The largest absolute Gasteiger partial charge is 0.304 e. The molecule has 0 heterocycles. The summed E-state index contributed by atoms with van der Waals surface area (Å²) in [4.78, 5) is 11.0. The Bertz CT molecular complexity index is 572. The molecule has 2 rings (SSSR count). The van der Waals surface area contributed by atoms with Gasteiger partial charge in [-0.2, -0.15) is 0 Å². The number of rotatable bonds is 3. The summed E-state index contributed by atoms with van der Waals surface area (Å²) in [5.74, 6) is 0. The van der Waals surface area contributed by atoms with Gasteiger partial charge in [0, 0.05) is 5.71 Å². The van der Waals surface area contributed by atoms with Crippen molar-refractivity contribution in [3.05, 3.63) is 34.9 Å². The van der Waals surface area contributed by atoms with Gasteiger partial charge in [-0.3, -0.25) is 4.79 Å². The molecule has 1 aliphatic rings. The van der Waals surface area contributed by atoms with Crippen LogP contribution in [0.5, 0.6) is 0 Å². The van der Waals surface area contributed by atoms with Crippen molar-refractivity contribution in [2.75, 3.05) is 0 Å². The zero-order chi connectivity index (χ0) is 15.1. The molecule has 0 spiro atoms. The number of hydrogen-bond acceptors (Lipinski definition) is 2. The van der Waals surface area contributed by atoms with Crippen molar-refractivity contribution in [1.82, 2.24) is 0 Å². The third kappa shape index (κ3) is 2.80. The maximum absolute atomic E-state index is 11.0. The molecule has 20 heavy (non-hydrogen) atoms. The summed E-state index contributed by atoms with van der Waals surface area (Å²) in [7, 11) is 0. The molecule has 2 nitrogen and oxygen atoms in total. The molecule has 0 saturated carbocycles. The highest BCUT2D eigenvalue weighted by Gasteiger charge is 2.37. The van der Waals surface area contributed by atoms with Crippen molar-refractivity contribution >= 4 is 22.6 Å². The molecular weight excluding hydrogens is 270 g/mol.